The van der Waals surface area contributed by atoms with E-state index in [0.29, 0.717) is 11.7 Å². The van der Waals surface area contributed by atoms with Crippen LogP contribution in [0.4, 0.5) is 0 Å². The number of thioether (sulfide) groups is 1. The van der Waals surface area contributed by atoms with Crippen LogP contribution in [0, 0.1) is 0 Å². The Kier molecular flexibility index (Phi) is 4.64. The largest absolute Gasteiger partial charge is 0.351 e. The third-order valence-corrected chi connectivity index (χ3v) is 5.14. The lowest BCUT2D eigenvalue weighted by Gasteiger charge is -2.14. The summed E-state index contributed by atoms with van der Waals surface area (Å²) in [5, 5.41) is 6.14. The van der Waals surface area contributed by atoms with E-state index in [4.69, 9.17) is 12.2 Å². The molecule has 2 aromatic rings. The van der Waals surface area contributed by atoms with Crippen LogP contribution in [0.25, 0.3) is 10.8 Å². The number of fused-ring (bicyclic) bond motifs is 1. The van der Waals surface area contributed by atoms with Crippen molar-refractivity contribution >= 4 is 45.8 Å². The average Bonchev–Trinajstić information content (AvgIpc) is 2.77. The van der Waals surface area contributed by atoms with Crippen LogP contribution in [0.15, 0.2) is 42.5 Å². The maximum atomic E-state index is 11.9. The summed E-state index contributed by atoms with van der Waals surface area (Å²) in [5.74, 6) is 1.90. The minimum absolute atomic E-state index is 0.0794. The zero-order valence-corrected chi connectivity index (χ0v) is 14.0. The van der Waals surface area contributed by atoms with E-state index in [-0.39, 0.29) is 11.9 Å². The summed E-state index contributed by atoms with van der Waals surface area (Å²) in [6.07, 6.45) is 0. The van der Waals surface area contributed by atoms with E-state index in [9.17, 15) is 4.79 Å². The molecule has 1 N–H and O–H groups in total. The van der Waals surface area contributed by atoms with Gasteiger partial charge in [-0.1, -0.05) is 42.5 Å². The van der Waals surface area contributed by atoms with Gasteiger partial charge in [-0.15, -0.1) is 0 Å². The van der Waals surface area contributed by atoms with Crippen molar-refractivity contribution in [3.05, 3.63) is 48.0 Å². The highest BCUT2D eigenvalue weighted by molar-refractivity contribution is 7.98. The Morgan fingerprint density at radius 3 is 2.77 bits per heavy atom. The Bertz CT molecular complexity index is 711. The molecule has 1 unspecified atom stereocenters. The van der Waals surface area contributed by atoms with Gasteiger partial charge in [0, 0.05) is 18.1 Å². The van der Waals surface area contributed by atoms with Gasteiger partial charge in [0.1, 0.15) is 6.04 Å². The fourth-order valence-corrected chi connectivity index (χ4v) is 3.91. The topological polar surface area (TPSA) is 32.3 Å². The molecule has 1 saturated heterocycles. The first-order chi connectivity index (χ1) is 10.7. The number of amides is 1. The van der Waals surface area contributed by atoms with E-state index >= 15 is 0 Å². The van der Waals surface area contributed by atoms with Gasteiger partial charge in [0.05, 0.1) is 0 Å². The Labute approximate surface area is 140 Å². The second-order valence-corrected chi connectivity index (χ2v) is 6.84. The van der Waals surface area contributed by atoms with Crippen molar-refractivity contribution in [2.75, 3.05) is 12.3 Å². The highest BCUT2D eigenvalue weighted by Crippen LogP contribution is 2.23. The molecule has 114 valence electrons. The van der Waals surface area contributed by atoms with Crippen molar-refractivity contribution < 1.29 is 4.79 Å². The fourth-order valence-electron chi connectivity index (χ4n) is 2.63. The van der Waals surface area contributed by atoms with Gasteiger partial charge >= 0.3 is 0 Å². The Balaban J connectivity index is 1.57. The van der Waals surface area contributed by atoms with Crippen LogP contribution in [0.2, 0.25) is 0 Å². The SMILES string of the molecule is CC1NC(=S)N(CCSCc2cccc3ccccc23)C1=O. The van der Waals surface area contributed by atoms with Gasteiger partial charge in [-0.05, 0) is 35.5 Å². The quantitative estimate of drug-likeness (QED) is 0.674. The number of carbonyl (C=O) groups is 1. The molecule has 0 aliphatic carbocycles. The lowest BCUT2D eigenvalue weighted by atomic mass is 10.1. The van der Waals surface area contributed by atoms with Crippen LogP contribution < -0.4 is 5.32 Å². The molecule has 0 saturated carbocycles. The lowest BCUT2D eigenvalue weighted by Crippen LogP contribution is -2.33. The molecule has 3 rings (SSSR count). The number of nitrogens with zero attached hydrogens (tertiary/aromatic N) is 1. The maximum absolute atomic E-state index is 11.9. The lowest BCUT2D eigenvalue weighted by molar-refractivity contribution is -0.126. The molecule has 1 fully saturated rings. The first kappa shape index (κ1) is 15.3. The van der Waals surface area contributed by atoms with E-state index in [1.54, 1.807) is 4.90 Å². The molecular weight excluding hydrogens is 312 g/mol. The Hall–Kier alpha value is -1.59. The molecule has 0 bridgehead atoms. The second kappa shape index (κ2) is 6.67. The van der Waals surface area contributed by atoms with Gasteiger partial charge in [0.2, 0.25) is 0 Å². The maximum Gasteiger partial charge on any atom is 0.251 e. The minimum atomic E-state index is -0.185. The zero-order chi connectivity index (χ0) is 15.5. The molecule has 1 aliphatic rings. The van der Waals surface area contributed by atoms with Crippen LogP contribution >= 0.6 is 24.0 Å². The van der Waals surface area contributed by atoms with Crippen molar-refractivity contribution in [2.24, 2.45) is 0 Å². The molecule has 0 spiro atoms. The predicted molar refractivity (Wildman–Crippen MR) is 97.0 cm³/mol. The molecule has 0 aromatic heterocycles. The molecule has 1 amide bonds. The highest BCUT2D eigenvalue weighted by atomic mass is 32.2. The van der Waals surface area contributed by atoms with Crippen LogP contribution in [-0.2, 0) is 10.5 Å². The Morgan fingerprint density at radius 2 is 2.00 bits per heavy atom. The van der Waals surface area contributed by atoms with Crippen molar-refractivity contribution in [1.29, 1.82) is 0 Å². The normalized spacial score (nSPS) is 18.0. The second-order valence-electron chi connectivity index (χ2n) is 5.35. The predicted octanol–water partition coefficient (Wildman–Crippen LogP) is 3.18. The number of benzene rings is 2. The highest BCUT2D eigenvalue weighted by Gasteiger charge is 2.31. The van der Waals surface area contributed by atoms with Crippen molar-refractivity contribution in [3.63, 3.8) is 0 Å². The number of nitrogens with one attached hydrogen (secondary N) is 1. The number of thiocarbonyl (C=S) groups is 1. The summed E-state index contributed by atoms with van der Waals surface area (Å²) in [4.78, 5) is 13.6. The van der Waals surface area contributed by atoms with Gasteiger partial charge < -0.3 is 5.32 Å². The summed E-state index contributed by atoms with van der Waals surface area (Å²) in [6.45, 7) is 2.52. The van der Waals surface area contributed by atoms with E-state index in [2.05, 4.69) is 47.8 Å². The summed E-state index contributed by atoms with van der Waals surface area (Å²) in [7, 11) is 0. The van der Waals surface area contributed by atoms with Crippen LogP contribution in [0.5, 0.6) is 0 Å². The van der Waals surface area contributed by atoms with Gasteiger partial charge in [-0.25, -0.2) is 0 Å². The number of hydrogen-bond donors (Lipinski definition) is 1. The van der Waals surface area contributed by atoms with Crippen molar-refractivity contribution in [1.82, 2.24) is 10.2 Å². The van der Waals surface area contributed by atoms with E-state index in [0.717, 1.165) is 11.5 Å². The van der Waals surface area contributed by atoms with Gasteiger partial charge in [-0.2, -0.15) is 11.8 Å². The number of hydrogen-bond acceptors (Lipinski definition) is 3. The van der Waals surface area contributed by atoms with Crippen molar-refractivity contribution in [3.8, 4) is 0 Å². The van der Waals surface area contributed by atoms with Gasteiger partial charge in [0.25, 0.3) is 5.91 Å². The molecule has 5 heteroatoms. The molecule has 1 heterocycles. The fraction of sp³-hybridized carbons (Fsp3) is 0.294. The smallest absolute Gasteiger partial charge is 0.251 e. The summed E-state index contributed by atoms with van der Waals surface area (Å²) in [6, 6.07) is 14.7. The summed E-state index contributed by atoms with van der Waals surface area (Å²) in [5.41, 5.74) is 1.34. The van der Waals surface area contributed by atoms with E-state index < -0.39 is 0 Å². The molecular formula is C17H18N2OS2. The zero-order valence-electron chi connectivity index (χ0n) is 12.4. The summed E-state index contributed by atoms with van der Waals surface area (Å²) >= 11 is 7.02. The third-order valence-electron chi connectivity index (χ3n) is 3.82. The van der Waals surface area contributed by atoms with Crippen LogP contribution in [-0.4, -0.2) is 34.3 Å². The molecule has 0 radical (unpaired) electrons. The number of carbonyl (C=O) groups excluding carboxylic acids is 1. The summed E-state index contributed by atoms with van der Waals surface area (Å²) < 4.78 is 0. The standard InChI is InChI=1S/C17H18N2OS2/c1-12-16(20)19(17(21)18-12)9-10-22-11-14-7-4-6-13-5-2-3-8-15(13)14/h2-8,12H,9-11H2,1H3,(H,18,21). The number of rotatable bonds is 5. The van der Waals surface area contributed by atoms with Crippen LogP contribution in [0.3, 0.4) is 0 Å². The molecule has 1 aliphatic heterocycles. The average molecular weight is 330 g/mol. The third kappa shape index (κ3) is 3.10. The van der Waals surface area contributed by atoms with E-state index in [1.165, 1.54) is 16.3 Å². The minimum Gasteiger partial charge on any atom is -0.351 e. The monoisotopic (exact) mass is 330 g/mol. The van der Waals surface area contributed by atoms with Gasteiger partial charge in [-0.3, -0.25) is 9.69 Å². The first-order valence-corrected chi connectivity index (χ1v) is 8.89. The van der Waals surface area contributed by atoms with E-state index in [1.807, 2.05) is 18.7 Å². The molecule has 1 atom stereocenters. The molecule has 22 heavy (non-hydrogen) atoms. The van der Waals surface area contributed by atoms with Crippen LogP contribution in [0.1, 0.15) is 12.5 Å². The Morgan fingerprint density at radius 1 is 1.23 bits per heavy atom. The van der Waals surface area contributed by atoms with Gasteiger partial charge in [0.15, 0.2) is 5.11 Å². The van der Waals surface area contributed by atoms with Crippen molar-refractivity contribution in [2.45, 2.75) is 18.7 Å². The first-order valence-electron chi connectivity index (χ1n) is 7.33. The molecule has 2 aromatic carbocycles. The molecule has 3 nitrogen and oxygen atoms in total.